The van der Waals surface area contributed by atoms with Crippen molar-refractivity contribution in [2.75, 3.05) is 11.9 Å². The van der Waals surface area contributed by atoms with Gasteiger partial charge in [-0.1, -0.05) is 11.3 Å². The van der Waals surface area contributed by atoms with Gasteiger partial charge in [-0.05, 0) is 24.6 Å². The van der Waals surface area contributed by atoms with Gasteiger partial charge in [0.1, 0.15) is 11.2 Å². The number of aromatic amines is 1. The molecule has 0 spiro atoms. The van der Waals surface area contributed by atoms with Crippen LogP contribution in [0.25, 0.3) is 33.2 Å². The summed E-state index contributed by atoms with van der Waals surface area (Å²) in [4.78, 5) is 11.4. The van der Waals surface area contributed by atoms with E-state index in [1.807, 2.05) is 29.8 Å². The SMILES string of the molecule is CCn1nnc2ccc(-c3c[nH]c4nc(NCCC(F)(F)F)ncc34)cc21. The summed E-state index contributed by atoms with van der Waals surface area (Å²) in [6.07, 6.45) is -1.75. The maximum atomic E-state index is 12.2. The maximum Gasteiger partial charge on any atom is 0.390 e. The molecule has 0 unspecified atom stereocenters. The molecular weight excluding hydrogens is 359 g/mol. The van der Waals surface area contributed by atoms with Crippen LogP contribution in [0.3, 0.4) is 0 Å². The highest BCUT2D eigenvalue weighted by atomic mass is 19.4. The molecule has 0 saturated carbocycles. The van der Waals surface area contributed by atoms with Gasteiger partial charge < -0.3 is 10.3 Å². The third-order valence-electron chi connectivity index (χ3n) is 4.25. The monoisotopic (exact) mass is 375 g/mol. The molecule has 7 nitrogen and oxygen atoms in total. The Hall–Kier alpha value is -3.17. The average Bonchev–Trinajstić information content (AvgIpc) is 3.23. The number of hydrogen-bond acceptors (Lipinski definition) is 5. The largest absolute Gasteiger partial charge is 0.390 e. The first-order valence-corrected chi connectivity index (χ1v) is 8.43. The van der Waals surface area contributed by atoms with E-state index in [9.17, 15) is 13.2 Å². The number of aryl methyl sites for hydroxylation is 1. The highest BCUT2D eigenvalue weighted by Gasteiger charge is 2.26. The summed E-state index contributed by atoms with van der Waals surface area (Å²) in [6.45, 7) is 2.44. The number of anilines is 1. The second-order valence-corrected chi connectivity index (χ2v) is 6.06. The van der Waals surface area contributed by atoms with Crippen LogP contribution >= 0.6 is 0 Å². The van der Waals surface area contributed by atoms with E-state index in [-0.39, 0.29) is 12.5 Å². The van der Waals surface area contributed by atoms with Gasteiger partial charge in [0, 0.05) is 36.4 Å². The summed E-state index contributed by atoms with van der Waals surface area (Å²) in [5.41, 5.74) is 4.14. The van der Waals surface area contributed by atoms with Crippen molar-refractivity contribution in [3.8, 4) is 11.1 Å². The van der Waals surface area contributed by atoms with Crippen LogP contribution in [0.4, 0.5) is 19.1 Å². The summed E-state index contributed by atoms with van der Waals surface area (Å²) in [6, 6.07) is 5.84. The lowest BCUT2D eigenvalue weighted by Gasteiger charge is -2.07. The van der Waals surface area contributed by atoms with Gasteiger partial charge in [-0.2, -0.15) is 18.2 Å². The molecule has 2 N–H and O–H groups in total. The van der Waals surface area contributed by atoms with Crippen LogP contribution in [0.15, 0.2) is 30.6 Å². The number of fused-ring (bicyclic) bond motifs is 2. The van der Waals surface area contributed by atoms with Gasteiger partial charge in [-0.25, -0.2) is 9.67 Å². The third kappa shape index (κ3) is 3.42. The van der Waals surface area contributed by atoms with E-state index >= 15 is 0 Å². The van der Waals surface area contributed by atoms with E-state index in [0.29, 0.717) is 12.2 Å². The van der Waals surface area contributed by atoms with Crippen molar-refractivity contribution < 1.29 is 13.2 Å². The van der Waals surface area contributed by atoms with E-state index < -0.39 is 12.6 Å². The van der Waals surface area contributed by atoms with Gasteiger partial charge in [0.2, 0.25) is 5.95 Å². The van der Waals surface area contributed by atoms with Crippen molar-refractivity contribution in [1.29, 1.82) is 0 Å². The van der Waals surface area contributed by atoms with Crippen molar-refractivity contribution in [3.05, 3.63) is 30.6 Å². The Labute approximate surface area is 151 Å². The van der Waals surface area contributed by atoms with Gasteiger partial charge in [-0.15, -0.1) is 5.10 Å². The molecule has 0 amide bonds. The first kappa shape index (κ1) is 17.3. The molecule has 10 heteroatoms. The fourth-order valence-corrected chi connectivity index (χ4v) is 2.91. The Morgan fingerprint density at radius 2 is 2.11 bits per heavy atom. The van der Waals surface area contributed by atoms with Crippen LogP contribution in [0.1, 0.15) is 13.3 Å². The van der Waals surface area contributed by atoms with Crippen molar-refractivity contribution in [1.82, 2.24) is 29.9 Å². The highest BCUT2D eigenvalue weighted by molar-refractivity contribution is 5.95. The first-order chi connectivity index (χ1) is 12.9. The Balaban J connectivity index is 1.63. The number of benzene rings is 1. The molecule has 3 heterocycles. The molecule has 0 aliphatic carbocycles. The number of rotatable bonds is 5. The van der Waals surface area contributed by atoms with Crippen LogP contribution in [-0.2, 0) is 6.54 Å². The van der Waals surface area contributed by atoms with E-state index in [4.69, 9.17) is 0 Å². The number of alkyl halides is 3. The standard InChI is InChI=1S/C17H16F3N7/c1-2-27-14-7-10(3-4-13(14)25-26-27)11-8-22-15-12(11)9-23-16(24-15)21-6-5-17(18,19)20/h3-4,7-9H,2,5-6H2,1H3,(H2,21,22,23,24). The van der Waals surface area contributed by atoms with Crippen LogP contribution in [-0.4, -0.2) is 42.7 Å². The van der Waals surface area contributed by atoms with Crippen molar-refractivity contribution in [3.63, 3.8) is 0 Å². The van der Waals surface area contributed by atoms with Crippen LogP contribution < -0.4 is 5.32 Å². The topological polar surface area (TPSA) is 84.3 Å². The van der Waals surface area contributed by atoms with Gasteiger partial charge in [0.25, 0.3) is 0 Å². The molecule has 4 aromatic rings. The Bertz CT molecular complexity index is 1100. The number of halogens is 3. The minimum absolute atomic E-state index is 0.156. The van der Waals surface area contributed by atoms with Crippen LogP contribution in [0.5, 0.6) is 0 Å². The summed E-state index contributed by atoms with van der Waals surface area (Å²) in [5.74, 6) is 0.156. The number of nitrogens with one attached hydrogen (secondary N) is 2. The van der Waals surface area contributed by atoms with Crippen molar-refractivity contribution >= 4 is 28.0 Å². The van der Waals surface area contributed by atoms with Gasteiger partial charge in [0.15, 0.2) is 0 Å². The molecule has 3 aromatic heterocycles. The van der Waals surface area contributed by atoms with E-state index in [2.05, 4.69) is 30.6 Å². The van der Waals surface area contributed by atoms with Gasteiger partial charge in [0.05, 0.1) is 11.9 Å². The third-order valence-corrected chi connectivity index (χ3v) is 4.25. The summed E-state index contributed by atoms with van der Waals surface area (Å²) in [5, 5.41) is 11.6. The summed E-state index contributed by atoms with van der Waals surface area (Å²) < 4.78 is 38.6. The summed E-state index contributed by atoms with van der Waals surface area (Å²) >= 11 is 0. The molecule has 0 aliphatic rings. The zero-order valence-electron chi connectivity index (χ0n) is 14.4. The predicted octanol–water partition coefficient (Wildman–Crippen LogP) is 3.75. The maximum absolute atomic E-state index is 12.2. The van der Waals surface area contributed by atoms with E-state index in [1.165, 1.54) is 0 Å². The van der Waals surface area contributed by atoms with E-state index in [1.54, 1.807) is 12.4 Å². The quantitative estimate of drug-likeness (QED) is 0.555. The number of H-pyrrole nitrogens is 1. The number of hydrogen-bond donors (Lipinski definition) is 2. The molecule has 27 heavy (non-hydrogen) atoms. The normalized spacial score (nSPS) is 12.1. The lowest BCUT2D eigenvalue weighted by Crippen LogP contribution is -2.15. The Morgan fingerprint density at radius 1 is 1.26 bits per heavy atom. The summed E-state index contributed by atoms with van der Waals surface area (Å²) in [7, 11) is 0. The molecule has 4 rings (SSSR count). The predicted molar refractivity (Wildman–Crippen MR) is 95.2 cm³/mol. The molecule has 0 fully saturated rings. The zero-order valence-corrected chi connectivity index (χ0v) is 14.4. The fraction of sp³-hybridized carbons (Fsp3) is 0.294. The van der Waals surface area contributed by atoms with Crippen molar-refractivity contribution in [2.24, 2.45) is 0 Å². The highest BCUT2D eigenvalue weighted by Crippen LogP contribution is 2.30. The molecule has 0 saturated heterocycles. The molecule has 140 valence electrons. The molecule has 0 radical (unpaired) electrons. The second-order valence-electron chi connectivity index (χ2n) is 6.06. The zero-order chi connectivity index (χ0) is 19.0. The van der Waals surface area contributed by atoms with E-state index in [0.717, 1.165) is 27.5 Å². The Kier molecular flexibility index (Phi) is 4.17. The first-order valence-electron chi connectivity index (χ1n) is 8.43. The molecule has 0 bridgehead atoms. The van der Waals surface area contributed by atoms with Crippen LogP contribution in [0, 0.1) is 0 Å². The lowest BCUT2D eigenvalue weighted by molar-refractivity contribution is -0.131. The smallest absolute Gasteiger partial charge is 0.354 e. The molecular formula is C17H16F3N7. The fourth-order valence-electron chi connectivity index (χ4n) is 2.91. The minimum Gasteiger partial charge on any atom is -0.354 e. The van der Waals surface area contributed by atoms with Crippen molar-refractivity contribution in [2.45, 2.75) is 26.1 Å². The number of aromatic nitrogens is 6. The second kappa shape index (κ2) is 6.53. The number of nitrogens with zero attached hydrogens (tertiary/aromatic N) is 5. The molecule has 0 aliphatic heterocycles. The Morgan fingerprint density at radius 3 is 2.89 bits per heavy atom. The van der Waals surface area contributed by atoms with Gasteiger partial charge in [-0.3, -0.25) is 0 Å². The minimum atomic E-state index is -4.21. The molecule has 0 atom stereocenters. The van der Waals surface area contributed by atoms with Crippen LogP contribution in [0.2, 0.25) is 0 Å². The van der Waals surface area contributed by atoms with Gasteiger partial charge >= 0.3 is 6.18 Å². The average molecular weight is 375 g/mol. The lowest BCUT2D eigenvalue weighted by atomic mass is 10.1. The molecule has 1 aromatic carbocycles.